The molecule has 1 saturated heterocycles. The predicted molar refractivity (Wildman–Crippen MR) is 185 cm³/mol. The molecule has 0 amide bonds. The average Bonchev–Trinajstić information content (AvgIpc) is 3.44. The molecule has 3 rings (SSSR count). The maximum atomic E-state index is 14.0. The number of hydrogen-bond donors (Lipinski definition) is 0. The Morgan fingerprint density at radius 1 is 0.804 bits per heavy atom. The van der Waals surface area contributed by atoms with Gasteiger partial charge in [0, 0.05) is 0 Å². The molecule has 2 saturated carbocycles. The van der Waals surface area contributed by atoms with E-state index in [2.05, 4.69) is 58.9 Å². The summed E-state index contributed by atoms with van der Waals surface area (Å²) in [5, 5.41) is 0. The number of carbonyl (C=O) groups is 4. The molecule has 14 heteroatoms. The van der Waals surface area contributed by atoms with Crippen LogP contribution in [0, 0.1) is 46.8 Å². The molecule has 1 aliphatic heterocycles. The highest BCUT2D eigenvalue weighted by Crippen LogP contribution is 2.62. The fourth-order valence-electron chi connectivity index (χ4n) is 7.70. The fourth-order valence-corrected chi connectivity index (χ4v) is 21.5. The van der Waals surface area contributed by atoms with Crippen LogP contribution in [0.15, 0.2) is 0 Å². The van der Waals surface area contributed by atoms with E-state index in [1.165, 1.54) is 0 Å². The molecule has 3 fully saturated rings. The molecular weight excluding hydrogens is 657 g/mol. The number of hydrogen-bond acceptors (Lipinski definition) is 10. The van der Waals surface area contributed by atoms with Gasteiger partial charge in [-0.1, -0.05) is 6.92 Å². The molecule has 2 bridgehead atoms. The van der Waals surface area contributed by atoms with Gasteiger partial charge in [0.15, 0.2) is 31.2 Å². The topological polar surface area (TPSA) is 124 Å². The van der Waals surface area contributed by atoms with Gasteiger partial charge in [-0.2, -0.15) is 0 Å². The summed E-state index contributed by atoms with van der Waals surface area (Å²) in [5.41, 5.74) is -1.60. The van der Waals surface area contributed by atoms with Crippen molar-refractivity contribution in [3.8, 4) is 0 Å². The van der Waals surface area contributed by atoms with Crippen LogP contribution < -0.4 is 0 Å². The molecule has 264 valence electrons. The molecule has 0 aromatic carbocycles. The Balaban J connectivity index is 1.91. The molecule has 0 radical (unpaired) electrons. The normalized spacial score (nSPS) is 29.2. The second-order valence-electron chi connectivity index (χ2n) is 18.3. The van der Waals surface area contributed by atoms with Gasteiger partial charge in [-0.15, -0.1) is 0 Å². The third-order valence-corrected chi connectivity index (χ3v) is 20.4. The summed E-state index contributed by atoms with van der Waals surface area (Å²) in [6, 6.07) is 0. The van der Waals surface area contributed by atoms with Crippen molar-refractivity contribution in [1.29, 1.82) is 0 Å². The van der Waals surface area contributed by atoms with Crippen LogP contribution in [0.1, 0.15) is 60.8 Å². The molecule has 3 aliphatic rings. The van der Waals surface area contributed by atoms with Crippen LogP contribution in [-0.4, -0.2) is 69.5 Å². The van der Waals surface area contributed by atoms with Crippen LogP contribution in [-0.2, 0) is 45.7 Å². The van der Waals surface area contributed by atoms with E-state index in [0.717, 1.165) is 6.42 Å². The summed E-state index contributed by atoms with van der Waals surface area (Å²) in [6.07, 6.45) is 1.65. The molecule has 0 aromatic rings. The molecule has 2 aliphatic carbocycles. The van der Waals surface area contributed by atoms with E-state index in [4.69, 9.17) is 26.6 Å². The Morgan fingerprint density at radius 3 is 1.72 bits per heavy atom. The Kier molecular flexibility index (Phi) is 11.3. The van der Waals surface area contributed by atoms with Gasteiger partial charge in [0.2, 0.25) is 0 Å². The summed E-state index contributed by atoms with van der Waals surface area (Å²) >= 11 is 0. The molecule has 0 N–H and O–H groups in total. The number of fused-ring (bicyclic) bond motifs is 2. The van der Waals surface area contributed by atoms with Crippen molar-refractivity contribution in [2.45, 2.75) is 125 Å². The average molecular weight is 717 g/mol. The molecule has 0 spiro atoms. The lowest BCUT2D eigenvalue weighted by atomic mass is 9.62. The third-order valence-electron chi connectivity index (χ3n) is 8.81. The zero-order valence-electron chi connectivity index (χ0n) is 31.0. The maximum Gasteiger partial charge on any atom is 0.509 e. The second kappa shape index (κ2) is 13.3. The van der Waals surface area contributed by atoms with Gasteiger partial charge in [-0.25, -0.2) is 0 Å². The highest BCUT2D eigenvalue weighted by molar-refractivity contribution is 6.90. The first-order chi connectivity index (χ1) is 20.5. The summed E-state index contributed by atoms with van der Waals surface area (Å²) in [4.78, 5) is 52.9. The number of carbonyl (C=O) groups excluding carboxylic acids is 4. The summed E-state index contributed by atoms with van der Waals surface area (Å²) in [7, 11) is -9.96. The first kappa shape index (κ1) is 39.3. The lowest BCUT2D eigenvalue weighted by molar-refractivity contribution is -0.164. The van der Waals surface area contributed by atoms with E-state index < -0.39 is 74.5 Å². The Morgan fingerprint density at radius 2 is 1.30 bits per heavy atom. The van der Waals surface area contributed by atoms with E-state index >= 15 is 0 Å². The van der Waals surface area contributed by atoms with E-state index in [-0.39, 0.29) is 41.8 Å². The largest absolute Gasteiger partial charge is 0.509 e. The van der Waals surface area contributed by atoms with Crippen LogP contribution in [0.4, 0.5) is 0 Å². The Hall–Kier alpha value is -1.17. The Labute approximate surface area is 281 Å². The smallest absolute Gasteiger partial charge is 0.461 e. The molecular formula is C32H60O10Si4. The number of rotatable bonds is 13. The molecule has 46 heavy (non-hydrogen) atoms. The van der Waals surface area contributed by atoms with Crippen molar-refractivity contribution in [2.24, 2.45) is 46.8 Å². The van der Waals surface area contributed by atoms with Gasteiger partial charge in [0.1, 0.15) is 5.60 Å². The van der Waals surface area contributed by atoms with Crippen molar-refractivity contribution in [2.75, 3.05) is 6.23 Å². The van der Waals surface area contributed by atoms with Crippen molar-refractivity contribution in [1.82, 2.24) is 0 Å². The molecule has 0 aromatic heterocycles. The van der Waals surface area contributed by atoms with Gasteiger partial charge in [0.25, 0.3) is 0 Å². The molecule has 7 atom stereocenters. The van der Waals surface area contributed by atoms with Gasteiger partial charge < -0.3 is 26.6 Å². The fraction of sp³-hybridized carbons (Fsp3) is 0.875. The van der Waals surface area contributed by atoms with E-state index in [9.17, 15) is 19.2 Å². The molecule has 7 unspecified atom stereocenters. The predicted octanol–water partition coefficient (Wildman–Crippen LogP) is 6.54. The first-order valence-electron chi connectivity index (χ1n) is 16.8. The van der Waals surface area contributed by atoms with Crippen LogP contribution in [0.25, 0.3) is 0 Å². The monoisotopic (exact) mass is 716 g/mol. The molecule has 10 nitrogen and oxygen atoms in total. The van der Waals surface area contributed by atoms with Gasteiger partial charge in [-0.05, 0) is 136 Å². The van der Waals surface area contributed by atoms with Gasteiger partial charge in [-0.3, -0.25) is 19.2 Å². The lowest BCUT2D eigenvalue weighted by Crippen LogP contribution is -2.63. The van der Waals surface area contributed by atoms with E-state index in [1.54, 1.807) is 6.92 Å². The highest BCUT2D eigenvalue weighted by Gasteiger charge is 2.62. The van der Waals surface area contributed by atoms with Crippen LogP contribution in [0.2, 0.25) is 58.9 Å². The first-order valence-corrected chi connectivity index (χ1v) is 28.9. The summed E-state index contributed by atoms with van der Waals surface area (Å²) in [5.74, 6) is -3.55. The quantitative estimate of drug-likeness (QED) is 0.0898. The zero-order valence-corrected chi connectivity index (χ0v) is 35.0. The van der Waals surface area contributed by atoms with Gasteiger partial charge in [0.05, 0.1) is 23.2 Å². The van der Waals surface area contributed by atoms with Crippen LogP contribution in [0.3, 0.4) is 0 Å². The van der Waals surface area contributed by atoms with E-state index in [1.807, 2.05) is 34.6 Å². The summed E-state index contributed by atoms with van der Waals surface area (Å²) < 4.78 is 37.1. The minimum Gasteiger partial charge on any atom is -0.461 e. The Bertz CT molecular complexity index is 1140. The van der Waals surface area contributed by atoms with Crippen LogP contribution in [0.5, 0.6) is 0 Å². The minimum absolute atomic E-state index is 0.0470. The molecule has 1 heterocycles. The number of esters is 4. The van der Waals surface area contributed by atoms with Gasteiger partial charge >= 0.3 is 32.7 Å². The van der Waals surface area contributed by atoms with Crippen LogP contribution >= 0.6 is 0 Å². The maximum absolute atomic E-state index is 14.0. The third kappa shape index (κ3) is 9.94. The van der Waals surface area contributed by atoms with Crippen molar-refractivity contribution in [3.63, 3.8) is 0 Å². The highest BCUT2D eigenvalue weighted by atomic mass is 28.5. The zero-order chi connectivity index (χ0) is 35.4. The minimum atomic E-state index is -3.43. The van der Waals surface area contributed by atoms with Crippen molar-refractivity contribution < 1.29 is 45.7 Å². The standard InChI is InChI=1S/C32H60O10Si4/c1-20-25(29(35)38-27(20)33)26-21-16-22(23(17-21)28(34)39-31(2,3)4)24(26)18-32(5,6)30(36)37-19-46(40-43(7,8)9,41-44(10,11)12)42-45(13,14)15/h20-26H,16-19H2,1-15H3. The van der Waals surface area contributed by atoms with Crippen molar-refractivity contribution >= 4 is 57.6 Å². The SMILES string of the molecule is CC1C(=O)OC(=O)C1C1C2CC(C(=O)OC(C)(C)C)C(C2)C1CC(C)(C)C(=O)OC[Si](O[Si](C)(C)C)(O[Si](C)(C)C)O[Si](C)(C)C. The lowest BCUT2D eigenvalue weighted by Gasteiger charge is -2.43. The number of ether oxygens (including phenoxy) is 3. The second-order valence-corrected chi connectivity index (χ2v) is 35.1. The van der Waals surface area contributed by atoms with E-state index in [0.29, 0.717) is 12.8 Å². The summed E-state index contributed by atoms with van der Waals surface area (Å²) in [6.45, 7) is 29.7. The van der Waals surface area contributed by atoms with Crippen molar-refractivity contribution in [3.05, 3.63) is 0 Å². The number of cyclic esters (lactones) is 2.